The van der Waals surface area contributed by atoms with Gasteiger partial charge in [-0.2, -0.15) is 0 Å². The maximum Gasteiger partial charge on any atom is 0.222 e. The quantitative estimate of drug-likeness (QED) is 0.491. The molecule has 0 aliphatic heterocycles. The van der Waals surface area contributed by atoms with Gasteiger partial charge in [0.05, 0.1) is 0 Å². The lowest BCUT2D eigenvalue weighted by atomic mass is 9.96. The van der Waals surface area contributed by atoms with Crippen molar-refractivity contribution in [2.24, 2.45) is 0 Å². The number of hydrogen-bond acceptors (Lipinski definition) is 5. The number of aromatic nitrogens is 3. The third-order valence-electron chi connectivity index (χ3n) is 2.85. The van der Waals surface area contributed by atoms with Gasteiger partial charge in [-0.05, 0) is 12.8 Å². The largest absolute Gasteiger partial charge is 0.349 e. The molecule has 0 saturated heterocycles. The first-order valence-corrected chi connectivity index (χ1v) is 7.76. The van der Waals surface area contributed by atoms with Crippen molar-refractivity contribution in [1.29, 1.82) is 0 Å². The van der Waals surface area contributed by atoms with E-state index < -0.39 is 0 Å². The van der Waals surface area contributed by atoms with Crippen LogP contribution in [0.4, 0.5) is 0 Å². The highest BCUT2D eigenvalue weighted by molar-refractivity contribution is 7.99. The van der Waals surface area contributed by atoms with E-state index in [-0.39, 0.29) is 11.3 Å². The van der Waals surface area contributed by atoms with Gasteiger partial charge in [-0.15, -0.1) is 10.2 Å². The molecule has 0 fully saturated rings. The molecule has 0 unspecified atom stereocenters. The normalized spacial score (nSPS) is 11.7. The molecule has 0 saturated carbocycles. The summed E-state index contributed by atoms with van der Waals surface area (Å²) < 4.78 is 1.57. The van der Waals surface area contributed by atoms with Crippen molar-refractivity contribution >= 4 is 17.7 Å². The number of hydrogen-bond donors (Lipinski definition) is 1. The van der Waals surface area contributed by atoms with Gasteiger partial charge in [0.2, 0.25) is 11.1 Å². The number of carbonyl (C=O) groups is 1. The SMILES string of the molecule is CN(C)C(=O)CCCCSc1nnc(C(C)(C)C)n1N. The van der Waals surface area contributed by atoms with Gasteiger partial charge in [0.1, 0.15) is 0 Å². The first-order valence-electron chi connectivity index (χ1n) is 6.77. The van der Waals surface area contributed by atoms with Gasteiger partial charge >= 0.3 is 0 Å². The zero-order valence-electron chi connectivity index (χ0n) is 13.0. The zero-order valence-corrected chi connectivity index (χ0v) is 13.8. The standard InChI is InChI=1S/C13H25N5OS/c1-13(2,3)11-15-16-12(18(11)14)20-9-7-6-8-10(19)17(4)5/h6-9,14H2,1-5H3. The summed E-state index contributed by atoms with van der Waals surface area (Å²) in [5, 5.41) is 8.99. The summed E-state index contributed by atoms with van der Waals surface area (Å²) in [6.45, 7) is 6.17. The highest BCUT2D eigenvalue weighted by Crippen LogP contribution is 2.23. The maximum absolute atomic E-state index is 11.4. The summed E-state index contributed by atoms with van der Waals surface area (Å²) in [7, 11) is 3.56. The van der Waals surface area contributed by atoms with Crippen molar-refractivity contribution < 1.29 is 4.79 Å². The minimum absolute atomic E-state index is 0.112. The lowest BCUT2D eigenvalue weighted by Crippen LogP contribution is -2.24. The van der Waals surface area contributed by atoms with Crippen LogP contribution >= 0.6 is 11.8 Å². The van der Waals surface area contributed by atoms with E-state index in [1.807, 2.05) is 0 Å². The molecular formula is C13H25N5OS. The topological polar surface area (TPSA) is 77.0 Å². The Bertz CT molecular complexity index is 450. The summed E-state index contributed by atoms with van der Waals surface area (Å²) in [6, 6.07) is 0. The molecular weight excluding hydrogens is 274 g/mol. The van der Waals surface area contributed by atoms with Crippen molar-refractivity contribution in [2.45, 2.75) is 50.6 Å². The van der Waals surface area contributed by atoms with Crippen LogP contribution in [0.3, 0.4) is 0 Å². The molecule has 1 aromatic heterocycles. The second kappa shape index (κ2) is 6.97. The van der Waals surface area contributed by atoms with E-state index in [1.54, 1.807) is 35.4 Å². The van der Waals surface area contributed by atoms with E-state index in [0.717, 1.165) is 29.6 Å². The fourth-order valence-electron chi connectivity index (χ4n) is 1.65. The minimum Gasteiger partial charge on any atom is -0.349 e. The summed E-state index contributed by atoms with van der Waals surface area (Å²) >= 11 is 1.58. The van der Waals surface area contributed by atoms with Crippen LogP contribution in [0.15, 0.2) is 5.16 Å². The molecule has 0 radical (unpaired) electrons. The molecule has 0 aliphatic rings. The molecule has 2 N–H and O–H groups in total. The molecule has 0 spiro atoms. The van der Waals surface area contributed by atoms with Crippen molar-refractivity contribution in [3.8, 4) is 0 Å². The van der Waals surface area contributed by atoms with E-state index >= 15 is 0 Å². The van der Waals surface area contributed by atoms with Crippen LogP contribution in [-0.4, -0.2) is 45.5 Å². The highest BCUT2D eigenvalue weighted by Gasteiger charge is 2.22. The molecule has 20 heavy (non-hydrogen) atoms. The lowest BCUT2D eigenvalue weighted by Gasteiger charge is -2.16. The Morgan fingerprint density at radius 1 is 1.30 bits per heavy atom. The molecule has 7 heteroatoms. The van der Waals surface area contributed by atoms with Crippen molar-refractivity contribution in [3.05, 3.63) is 5.82 Å². The molecule has 0 aliphatic carbocycles. The van der Waals surface area contributed by atoms with Crippen LogP contribution in [0.5, 0.6) is 0 Å². The van der Waals surface area contributed by atoms with E-state index in [0.29, 0.717) is 6.42 Å². The molecule has 1 heterocycles. The van der Waals surface area contributed by atoms with Crippen LogP contribution in [0, 0.1) is 0 Å². The Hall–Kier alpha value is -1.24. The average Bonchev–Trinajstić information content (AvgIpc) is 2.69. The van der Waals surface area contributed by atoms with E-state index in [9.17, 15) is 4.79 Å². The maximum atomic E-state index is 11.4. The second-order valence-corrected chi connectivity index (χ2v) is 7.08. The molecule has 114 valence electrons. The third kappa shape index (κ3) is 4.70. The monoisotopic (exact) mass is 299 g/mol. The van der Waals surface area contributed by atoms with E-state index in [2.05, 4.69) is 31.0 Å². The number of nitrogen functional groups attached to an aromatic ring is 1. The smallest absolute Gasteiger partial charge is 0.222 e. The van der Waals surface area contributed by atoms with Gasteiger partial charge in [-0.1, -0.05) is 32.5 Å². The third-order valence-corrected chi connectivity index (χ3v) is 3.88. The molecule has 1 amide bonds. The van der Waals surface area contributed by atoms with Crippen molar-refractivity contribution in [3.63, 3.8) is 0 Å². The number of carbonyl (C=O) groups excluding carboxylic acids is 1. The first kappa shape index (κ1) is 16.8. The predicted octanol–water partition coefficient (Wildman–Crippen LogP) is 1.64. The molecule has 0 atom stereocenters. The molecule has 1 aromatic rings. The molecule has 6 nitrogen and oxygen atoms in total. The number of amides is 1. The highest BCUT2D eigenvalue weighted by atomic mass is 32.2. The summed E-state index contributed by atoms with van der Waals surface area (Å²) in [6.07, 6.45) is 2.44. The second-order valence-electron chi connectivity index (χ2n) is 6.02. The lowest BCUT2D eigenvalue weighted by molar-refractivity contribution is -0.128. The number of rotatable bonds is 6. The Labute approximate surface area is 125 Å². The van der Waals surface area contributed by atoms with Crippen LogP contribution in [0.2, 0.25) is 0 Å². The Balaban J connectivity index is 2.37. The molecule has 0 aromatic carbocycles. The van der Waals surface area contributed by atoms with Gasteiger partial charge in [0.25, 0.3) is 0 Å². The Kier molecular flexibility index (Phi) is 5.86. The average molecular weight is 299 g/mol. The van der Waals surface area contributed by atoms with Gasteiger partial charge < -0.3 is 10.7 Å². The summed E-state index contributed by atoms with van der Waals surface area (Å²) in [4.78, 5) is 13.0. The van der Waals surface area contributed by atoms with Gasteiger partial charge in [0, 0.05) is 31.7 Å². The van der Waals surface area contributed by atoms with Gasteiger partial charge in [-0.3, -0.25) is 4.79 Å². The number of nitrogens with two attached hydrogens (primary N) is 1. The summed E-state index contributed by atoms with van der Waals surface area (Å²) in [5.74, 6) is 7.84. The fourth-order valence-corrected chi connectivity index (χ4v) is 2.51. The molecule has 1 rings (SSSR count). The summed E-state index contributed by atoms with van der Waals surface area (Å²) in [5.41, 5.74) is -0.112. The number of thioether (sulfide) groups is 1. The fraction of sp³-hybridized carbons (Fsp3) is 0.769. The first-order chi connectivity index (χ1) is 9.23. The zero-order chi connectivity index (χ0) is 15.3. The van der Waals surface area contributed by atoms with Gasteiger partial charge in [-0.25, -0.2) is 4.68 Å². The number of unbranched alkanes of at least 4 members (excludes halogenated alkanes) is 1. The number of nitrogens with zero attached hydrogens (tertiary/aromatic N) is 4. The van der Waals surface area contributed by atoms with Crippen LogP contribution in [-0.2, 0) is 10.2 Å². The van der Waals surface area contributed by atoms with Gasteiger partial charge in [0.15, 0.2) is 5.82 Å². The van der Waals surface area contributed by atoms with Crippen LogP contribution in [0.25, 0.3) is 0 Å². The van der Waals surface area contributed by atoms with Crippen molar-refractivity contribution in [1.82, 2.24) is 19.8 Å². The Morgan fingerprint density at radius 3 is 2.45 bits per heavy atom. The van der Waals surface area contributed by atoms with Crippen LogP contribution < -0.4 is 5.84 Å². The predicted molar refractivity (Wildman–Crippen MR) is 82.1 cm³/mol. The van der Waals surface area contributed by atoms with Crippen LogP contribution in [0.1, 0.15) is 45.9 Å². The van der Waals surface area contributed by atoms with Crippen molar-refractivity contribution in [2.75, 3.05) is 25.7 Å². The Morgan fingerprint density at radius 2 is 1.95 bits per heavy atom. The van der Waals surface area contributed by atoms with E-state index in [1.165, 1.54) is 0 Å². The van der Waals surface area contributed by atoms with E-state index in [4.69, 9.17) is 5.84 Å². The minimum atomic E-state index is -0.112. The molecule has 0 bridgehead atoms.